The predicted molar refractivity (Wildman–Crippen MR) is 62.8 cm³/mol. The number of anilines is 1. The van der Waals surface area contributed by atoms with Crippen molar-refractivity contribution in [3.05, 3.63) is 48.0 Å². The van der Waals surface area contributed by atoms with E-state index in [1.807, 2.05) is 18.2 Å². The molecule has 0 saturated carbocycles. The van der Waals surface area contributed by atoms with Crippen LogP contribution in [0.1, 0.15) is 25.2 Å². The fraction of sp³-hybridized carbons (Fsp3) is 0.250. The van der Waals surface area contributed by atoms with Gasteiger partial charge >= 0.3 is 0 Å². The molecule has 2 N–H and O–H groups in total. The third-order valence-electron chi connectivity index (χ3n) is 2.64. The maximum absolute atomic E-state index is 5.57. The third kappa shape index (κ3) is 1.86. The fourth-order valence-corrected chi connectivity index (χ4v) is 1.59. The average Bonchev–Trinajstić information content (AvgIpc) is 2.30. The van der Waals surface area contributed by atoms with E-state index in [-0.39, 0.29) is 11.4 Å². The first kappa shape index (κ1) is 10.5. The molecule has 0 atom stereocenters. The van der Waals surface area contributed by atoms with E-state index in [1.54, 1.807) is 0 Å². The van der Waals surface area contributed by atoms with Crippen LogP contribution in [0.2, 0.25) is 0 Å². The Morgan fingerprint density at radius 2 is 1.75 bits per heavy atom. The minimum atomic E-state index is -0.266. The third-order valence-corrected chi connectivity index (χ3v) is 2.64. The van der Waals surface area contributed by atoms with Gasteiger partial charge in [-0.15, -0.1) is 0 Å². The molecule has 2 aromatic rings. The summed E-state index contributed by atoms with van der Waals surface area (Å²) in [5, 5.41) is 0. The standard InChI is InChI=1S/C12H14N4/c1-12(2,9-6-4-3-5-7-9)10-14-8-15-11(13)16-10/h3-8H,1-2H3,(H2,13,14,15,16). The zero-order valence-corrected chi connectivity index (χ0v) is 9.38. The highest BCUT2D eigenvalue weighted by atomic mass is 15.1. The Bertz CT molecular complexity index is 479. The van der Waals surface area contributed by atoms with Gasteiger partial charge in [-0.1, -0.05) is 30.3 Å². The summed E-state index contributed by atoms with van der Waals surface area (Å²) in [5.74, 6) is 0.945. The SMILES string of the molecule is CC(C)(c1ccccc1)c1ncnc(N)n1. The van der Waals surface area contributed by atoms with Gasteiger partial charge in [0.15, 0.2) is 0 Å². The number of rotatable bonds is 2. The van der Waals surface area contributed by atoms with Crippen molar-refractivity contribution < 1.29 is 0 Å². The highest BCUT2D eigenvalue weighted by Crippen LogP contribution is 2.28. The molecule has 4 heteroatoms. The Morgan fingerprint density at radius 3 is 2.38 bits per heavy atom. The molecule has 0 bridgehead atoms. The molecule has 16 heavy (non-hydrogen) atoms. The van der Waals surface area contributed by atoms with Crippen molar-refractivity contribution in [1.29, 1.82) is 0 Å². The Morgan fingerprint density at radius 1 is 1.06 bits per heavy atom. The number of nitrogen functional groups attached to an aromatic ring is 1. The second kappa shape index (κ2) is 3.89. The summed E-state index contributed by atoms with van der Waals surface area (Å²) in [6, 6.07) is 10.1. The zero-order chi connectivity index (χ0) is 11.6. The molecule has 0 aliphatic rings. The molecule has 0 spiro atoms. The molecule has 0 aliphatic carbocycles. The van der Waals surface area contributed by atoms with E-state index in [9.17, 15) is 0 Å². The fourth-order valence-electron chi connectivity index (χ4n) is 1.59. The Kier molecular flexibility index (Phi) is 2.56. The van der Waals surface area contributed by atoms with Gasteiger partial charge in [-0.25, -0.2) is 9.97 Å². The number of aromatic nitrogens is 3. The zero-order valence-electron chi connectivity index (χ0n) is 9.38. The molecule has 0 fully saturated rings. The maximum atomic E-state index is 5.57. The summed E-state index contributed by atoms with van der Waals surface area (Å²) in [6.45, 7) is 4.13. The molecular weight excluding hydrogens is 200 g/mol. The molecule has 1 aromatic carbocycles. The van der Waals surface area contributed by atoms with Crippen LogP contribution in [0.3, 0.4) is 0 Å². The molecule has 1 heterocycles. The Balaban J connectivity index is 2.47. The summed E-state index contributed by atoms with van der Waals surface area (Å²) in [5.41, 5.74) is 6.46. The molecule has 4 nitrogen and oxygen atoms in total. The van der Waals surface area contributed by atoms with Gasteiger partial charge in [0.05, 0.1) is 0 Å². The predicted octanol–water partition coefficient (Wildman–Crippen LogP) is 1.78. The van der Waals surface area contributed by atoms with E-state index in [1.165, 1.54) is 6.33 Å². The van der Waals surface area contributed by atoms with E-state index >= 15 is 0 Å². The van der Waals surface area contributed by atoms with Crippen LogP contribution in [-0.2, 0) is 5.41 Å². The van der Waals surface area contributed by atoms with Crippen LogP contribution >= 0.6 is 0 Å². The number of nitrogens with zero attached hydrogens (tertiary/aromatic N) is 3. The molecule has 2 rings (SSSR count). The molecule has 0 unspecified atom stereocenters. The van der Waals surface area contributed by atoms with Crippen molar-refractivity contribution >= 4 is 5.95 Å². The largest absolute Gasteiger partial charge is 0.368 e. The quantitative estimate of drug-likeness (QED) is 0.827. The number of benzene rings is 1. The van der Waals surface area contributed by atoms with E-state index in [0.717, 1.165) is 5.56 Å². The summed E-state index contributed by atoms with van der Waals surface area (Å²) in [7, 11) is 0. The van der Waals surface area contributed by atoms with Crippen LogP contribution < -0.4 is 5.73 Å². The topological polar surface area (TPSA) is 64.7 Å². The molecule has 0 aliphatic heterocycles. The van der Waals surface area contributed by atoms with Gasteiger partial charge in [0.25, 0.3) is 0 Å². The van der Waals surface area contributed by atoms with Crippen molar-refractivity contribution in [2.75, 3.05) is 5.73 Å². The highest BCUT2D eigenvalue weighted by molar-refractivity contribution is 5.31. The summed E-state index contributed by atoms with van der Waals surface area (Å²) in [4.78, 5) is 12.2. The first-order valence-electron chi connectivity index (χ1n) is 5.11. The van der Waals surface area contributed by atoms with Gasteiger partial charge < -0.3 is 5.73 Å². The summed E-state index contributed by atoms with van der Waals surface area (Å²) >= 11 is 0. The minimum absolute atomic E-state index is 0.258. The van der Waals surface area contributed by atoms with Crippen molar-refractivity contribution in [3.63, 3.8) is 0 Å². The Hall–Kier alpha value is -1.97. The maximum Gasteiger partial charge on any atom is 0.223 e. The lowest BCUT2D eigenvalue weighted by Gasteiger charge is -2.23. The summed E-state index contributed by atoms with van der Waals surface area (Å²) in [6.07, 6.45) is 1.45. The minimum Gasteiger partial charge on any atom is -0.368 e. The summed E-state index contributed by atoms with van der Waals surface area (Å²) < 4.78 is 0. The van der Waals surface area contributed by atoms with Crippen molar-refractivity contribution in [1.82, 2.24) is 15.0 Å². The number of hydrogen-bond donors (Lipinski definition) is 1. The van der Waals surface area contributed by atoms with Crippen LogP contribution in [-0.4, -0.2) is 15.0 Å². The molecule has 0 radical (unpaired) electrons. The molecule has 0 amide bonds. The lowest BCUT2D eigenvalue weighted by molar-refractivity contribution is 0.587. The number of nitrogens with two attached hydrogens (primary N) is 1. The Labute approximate surface area is 94.6 Å². The normalized spacial score (nSPS) is 11.4. The van der Waals surface area contributed by atoms with Crippen LogP contribution in [0.4, 0.5) is 5.95 Å². The average molecular weight is 214 g/mol. The second-order valence-corrected chi connectivity index (χ2v) is 4.16. The second-order valence-electron chi connectivity index (χ2n) is 4.16. The van der Waals surface area contributed by atoms with Gasteiger partial charge in [-0.2, -0.15) is 4.98 Å². The van der Waals surface area contributed by atoms with Crippen LogP contribution in [0.15, 0.2) is 36.7 Å². The van der Waals surface area contributed by atoms with E-state index in [4.69, 9.17) is 5.73 Å². The highest BCUT2D eigenvalue weighted by Gasteiger charge is 2.26. The van der Waals surface area contributed by atoms with Gasteiger partial charge in [0, 0.05) is 5.41 Å². The molecule has 0 saturated heterocycles. The van der Waals surface area contributed by atoms with Gasteiger partial charge in [-0.3, -0.25) is 0 Å². The van der Waals surface area contributed by atoms with Crippen LogP contribution in [0, 0.1) is 0 Å². The van der Waals surface area contributed by atoms with Crippen LogP contribution in [0.25, 0.3) is 0 Å². The molecule has 82 valence electrons. The van der Waals surface area contributed by atoms with Gasteiger partial charge in [-0.05, 0) is 19.4 Å². The van der Waals surface area contributed by atoms with Gasteiger partial charge in [0.1, 0.15) is 12.2 Å². The van der Waals surface area contributed by atoms with Crippen molar-refractivity contribution in [2.45, 2.75) is 19.3 Å². The van der Waals surface area contributed by atoms with E-state index in [0.29, 0.717) is 5.82 Å². The number of hydrogen-bond acceptors (Lipinski definition) is 4. The van der Waals surface area contributed by atoms with Crippen molar-refractivity contribution in [3.8, 4) is 0 Å². The monoisotopic (exact) mass is 214 g/mol. The lowest BCUT2D eigenvalue weighted by Crippen LogP contribution is -2.23. The van der Waals surface area contributed by atoms with Gasteiger partial charge in [0.2, 0.25) is 5.95 Å². The smallest absolute Gasteiger partial charge is 0.223 e. The molecule has 1 aromatic heterocycles. The first-order chi connectivity index (χ1) is 7.60. The molecular formula is C12H14N4. The lowest BCUT2D eigenvalue weighted by atomic mass is 9.84. The first-order valence-corrected chi connectivity index (χ1v) is 5.11. The van der Waals surface area contributed by atoms with E-state index < -0.39 is 0 Å². The van der Waals surface area contributed by atoms with Crippen LogP contribution in [0.5, 0.6) is 0 Å². The van der Waals surface area contributed by atoms with Crippen molar-refractivity contribution in [2.24, 2.45) is 0 Å². The van der Waals surface area contributed by atoms with E-state index in [2.05, 4.69) is 40.9 Å².